The second-order valence-corrected chi connectivity index (χ2v) is 8.48. The van der Waals surface area contributed by atoms with Crippen LogP contribution in [0.2, 0.25) is 10.0 Å². The zero-order valence-electron chi connectivity index (χ0n) is 16.1. The van der Waals surface area contributed by atoms with Gasteiger partial charge in [-0.25, -0.2) is 0 Å². The molecule has 2 aliphatic rings. The Balaban J connectivity index is 1.60. The lowest BCUT2D eigenvalue weighted by Gasteiger charge is -2.28. The summed E-state index contributed by atoms with van der Waals surface area (Å²) in [5.41, 5.74) is 0.196. The molecule has 2 aromatic rings. The molecule has 0 saturated heterocycles. The van der Waals surface area contributed by atoms with Gasteiger partial charge in [-0.15, -0.1) is 0 Å². The molecule has 0 spiro atoms. The Morgan fingerprint density at radius 1 is 1.07 bits per heavy atom. The van der Waals surface area contributed by atoms with Crippen LogP contribution in [0.4, 0.5) is 17.5 Å². The van der Waals surface area contributed by atoms with Gasteiger partial charge in [0.2, 0.25) is 17.8 Å². The highest BCUT2D eigenvalue weighted by Crippen LogP contribution is 2.30. The average molecular weight is 450 g/mol. The number of halogens is 2. The van der Waals surface area contributed by atoms with Gasteiger partial charge in [-0.2, -0.15) is 4.98 Å². The third-order valence-electron chi connectivity index (χ3n) is 5.34. The van der Waals surface area contributed by atoms with Gasteiger partial charge in [-0.05, 0) is 31.0 Å². The first-order chi connectivity index (χ1) is 14.4. The Kier molecular flexibility index (Phi) is 5.97. The maximum atomic E-state index is 12.9. The highest BCUT2D eigenvalue weighted by Gasteiger charge is 2.35. The van der Waals surface area contributed by atoms with Crippen LogP contribution in [-0.4, -0.2) is 27.8 Å². The van der Waals surface area contributed by atoms with Gasteiger partial charge in [0.15, 0.2) is 0 Å². The summed E-state index contributed by atoms with van der Waals surface area (Å²) in [6.07, 6.45) is 5.04. The fraction of sp³-hybridized carbons (Fsp3) is 0.400. The molecule has 1 aromatic heterocycles. The first kappa shape index (κ1) is 20.7. The minimum Gasteiger partial charge on any atom is -0.353 e. The fourth-order valence-corrected chi connectivity index (χ4v) is 4.49. The number of benzene rings is 1. The number of hydrogen-bond donors (Lipinski definition) is 4. The zero-order chi connectivity index (χ0) is 21.3. The number of carbonyl (C=O) groups is 2. The molecule has 1 saturated carbocycles. The second kappa shape index (κ2) is 8.65. The van der Waals surface area contributed by atoms with Crippen molar-refractivity contribution in [3.05, 3.63) is 44.2 Å². The summed E-state index contributed by atoms with van der Waals surface area (Å²) in [6, 6.07) is 4.89. The van der Waals surface area contributed by atoms with Crippen LogP contribution in [0.5, 0.6) is 0 Å². The topological polar surface area (TPSA) is 116 Å². The number of nitrogens with one attached hydrogen (secondary N) is 4. The van der Waals surface area contributed by atoms with E-state index in [2.05, 4.69) is 25.9 Å². The van der Waals surface area contributed by atoms with Crippen molar-refractivity contribution in [1.29, 1.82) is 0 Å². The van der Waals surface area contributed by atoms with E-state index in [9.17, 15) is 14.4 Å². The molecule has 1 aliphatic heterocycles. The largest absolute Gasteiger partial charge is 0.353 e. The van der Waals surface area contributed by atoms with Crippen molar-refractivity contribution < 1.29 is 9.59 Å². The van der Waals surface area contributed by atoms with Crippen LogP contribution in [0.25, 0.3) is 0 Å². The summed E-state index contributed by atoms with van der Waals surface area (Å²) in [5.74, 6) is -1.37. The fourth-order valence-electron chi connectivity index (χ4n) is 3.97. The minimum absolute atomic E-state index is 0.0782. The number of carbonyl (C=O) groups excluding carboxylic acids is 2. The van der Waals surface area contributed by atoms with E-state index in [4.69, 9.17) is 23.2 Å². The highest BCUT2D eigenvalue weighted by molar-refractivity contribution is 6.35. The third-order valence-corrected chi connectivity index (χ3v) is 5.78. The quantitative estimate of drug-likeness (QED) is 0.567. The molecule has 1 aliphatic carbocycles. The molecule has 1 atom stereocenters. The summed E-state index contributed by atoms with van der Waals surface area (Å²) < 4.78 is 0. The smallest absolute Gasteiger partial charge is 0.258 e. The van der Waals surface area contributed by atoms with Crippen LogP contribution in [0.15, 0.2) is 23.0 Å². The van der Waals surface area contributed by atoms with E-state index < -0.39 is 11.5 Å². The molecular formula is C20H21Cl2N5O3. The summed E-state index contributed by atoms with van der Waals surface area (Å²) in [4.78, 5) is 44.8. The van der Waals surface area contributed by atoms with Gasteiger partial charge in [0.05, 0.1) is 11.5 Å². The SMILES string of the molecule is O=C1C[C@@H](C(=O)NC2CCCCC2)c2c(nc(Nc3cc(Cl)cc(Cl)c3)[nH]c2=O)N1. The molecule has 2 amide bonds. The molecule has 4 N–H and O–H groups in total. The van der Waals surface area contributed by atoms with E-state index in [1.165, 1.54) is 0 Å². The predicted molar refractivity (Wildman–Crippen MR) is 116 cm³/mol. The van der Waals surface area contributed by atoms with Crippen LogP contribution < -0.4 is 21.5 Å². The van der Waals surface area contributed by atoms with Gasteiger partial charge in [0.1, 0.15) is 5.82 Å². The highest BCUT2D eigenvalue weighted by atomic mass is 35.5. The number of nitrogens with zero attached hydrogens (tertiary/aromatic N) is 1. The van der Waals surface area contributed by atoms with E-state index in [0.717, 1.165) is 32.1 Å². The molecular weight excluding hydrogens is 429 g/mol. The molecule has 4 rings (SSSR count). The molecule has 0 radical (unpaired) electrons. The van der Waals surface area contributed by atoms with Gasteiger partial charge in [0, 0.05) is 28.2 Å². The number of rotatable bonds is 4. The summed E-state index contributed by atoms with van der Waals surface area (Å²) >= 11 is 12.0. The molecule has 30 heavy (non-hydrogen) atoms. The molecule has 1 aromatic carbocycles. The van der Waals surface area contributed by atoms with Gasteiger partial charge < -0.3 is 16.0 Å². The van der Waals surface area contributed by atoms with Crippen molar-refractivity contribution in [3.8, 4) is 0 Å². The Labute approximate surface area is 182 Å². The lowest BCUT2D eigenvalue weighted by molar-refractivity contribution is -0.127. The van der Waals surface area contributed by atoms with Crippen LogP contribution in [-0.2, 0) is 9.59 Å². The summed E-state index contributed by atoms with van der Waals surface area (Å²) in [6.45, 7) is 0. The Bertz CT molecular complexity index is 1030. The van der Waals surface area contributed by atoms with Crippen molar-refractivity contribution in [3.63, 3.8) is 0 Å². The van der Waals surface area contributed by atoms with Gasteiger partial charge in [0.25, 0.3) is 5.56 Å². The third kappa shape index (κ3) is 4.60. The first-order valence-electron chi connectivity index (χ1n) is 9.86. The Morgan fingerprint density at radius 2 is 1.77 bits per heavy atom. The van der Waals surface area contributed by atoms with E-state index in [1.807, 2.05) is 0 Å². The van der Waals surface area contributed by atoms with Gasteiger partial charge >= 0.3 is 0 Å². The van der Waals surface area contributed by atoms with E-state index in [-0.39, 0.29) is 41.6 Å². The molecule has 0 bridgehead atoms. The molecule has 1 fully saturated rings. The molecule has 10 heteroatoms. The number of H-pyrrole nitrogens is 1. The Morgan fingerprint density at radius 3 is 2.47 bits per heavy atom. The van der Waals surface area contributed by atoms with Crippen LogP contribution in [0.3, 0.4) is 0 Å². The van der Waals surface area contributed by atoms with Crippen LogP contribution in [0.1, 0.15) is 50.0 Å². The first-order valence-corrected chi connectivity index (χ1v) is 10.6. The lowest BCUT2D eigenvalue weighted by Crippen LogP contribution is -2.43. The van der Waals surface area contributed by atoms with Gasteiger partial charge in [-0.3, -0.25) is 19.4 Å². The molecule has 8 nitrogen and oxygen atoms in total. The summed E-state index contributed by atoms with van der Waals surface area (Å²) in [7, 11) is 0. The standard InChI is InChI=1S/C20H21Cl2N5O3/c21-10-6-11(22)8-13(7-10)24-20-26-17-16(19(30)27-20)14(9-15(28)25-17)18(29)23-12-4-2-1-3-5-12/h6-8,12,14H,1-5,9H2,(H,23,29)(H3,24,25,26,27,28,30)/t14-/m1/s1. The normalized spacial score (nSPS) is 19.0. The molecule has 0 unspecified atom stereocenters. The average Bonchev–Trinajstić information content (AvgIpc) is 2.67. The maximum absolute atomic E-state index is 12.9. The number of hydrogen-bond acceptors (Lipinski definition) is 5. The molecule has 158 valence electrons. The minimum atomic E-state index is -0.874. The number of anilines is 3. The number of amides is 2. The number of aromatic nitrogens is 2. The lowest BCUT2D eigenvalue weighted by atomic mass is 9.90. The monoisotopic (exact) mass is 449 g/mol. The Hall–Kier alpha value is -2.58. The summed E-state index contributed by atoms with van der Waals surface area (Å²) in [5, 5.41) is 9.34. The van der Waals surface area contributed by atoms with E-state index >= 15 is 0 Å². The van der Waals surface area contributed by atoms with Crippen LogP contribution in [0, 0.1) is 0 Å². The van der Waals surface area contributed by atoms with Crippen molar-refractivity contribution in [2.24, 2.45) is 0 Å². The van der Waals surface area contributed by atoms with Gasteiger partial charge in [-0.1, -0.05) is 42.5 Å². The number of aromatic amines is 1. The second-order valence-electron chi connectivity index (χ2n) is 7.61. The van der Waals surface area contributed by atoms with Crippen molar-refractivity contribution >= 4 is 52.5 Å². The maximum Gasteiger partial charge on any atom is 0.258 e. The van der Waals surface area contributed by atoms with E-state index in [0.29, 0.717) is 15.7 Å². The van der Waals surface area contributed by atoms with Crippen molar-refractivity contribution in [1.82, 2.24) is 15.3 Å². The van der Waals surface area contributed by atoms with Crippen molar-refractivity contribution in [2.45, 2.75) is 50.5 Å². The number of fused-ring (bicyclic) bond motifs is 1. The van der Waals surface area contributed by atoms with Crippen molar-refractivity contribution in [2.75, 3.05) is 10.6 Å². The zero-order valence-corrected chi connectivity index (χ0v) is 17.6. The predicted octanol–water partition coefficient (Wildman–Crippen LogP) is 3.70. The van der Waals surface area contributed by atoms with Crippen LogP contribution >= 0.6 is 23.2 Å². The molecule has 2 heterocycles. The van der Waals surface area contributed by atoms with E-state index in [1.54, 1.807) is 18.2 Å².